The van der Waals surface area contributed by atoms with Gasteiger partial charge < -0.3 is 0 Å². The Morgan fingerprint density at radius 2 is 1.68 bits per heavy atom. The molecule has 3 rings (SSSR count). The predicted octanol–water partition coefficient (Wildman–Crippen LogP) is 4.63. The highest BCUT2D eigenvalue weighted by Gasteiger charge is 2.33. The molecular formula is C24H31N3O. The maximum absolute atomic E-state index is 13.1. The molecule has 0 saturated heterocycles. The highest BCUT2D eigenvalue weighted by Crippen LogP contribution is 2.33. The van der Waals surface area contributed by atoms with Crippen LogP contribution in [0.4, 0.5) is 0 Å². The number of rotatable bonds is 6. The van der Waals surface area contributed by atoms with Gasteiger partial charge in [0.25, 0.3) is 5.91 Å². The molecule has 1 amide bonds. The largest absolute Gasteiger partial charge is 0.295 e. The third-order valence-electron chi connectivity index (χ3n) is 5.57. The molecule has 0 fully saturated rings. The normalized spacial score (nSPS) is 16.6. The van der Waals surface area contributed by atoms with Gasteiger partial charge in [-0.25, -0.2) is 5.01 Å². The minimum Gasteiger partial charge on any atom is -0.295 e. The van der Waals surface area contributed by atoms with E-state index < -0.39 is 0 Å². The molecule has 1 heterocycles. The number of amides is 1. The molecular weight excluding hydrogens is 346 g/mol. The van der Waals surface area contributed by atoms with Gasteiger partial charge in [0.15, 0.2) is 0 Å². The summed E-state index contributed by atoms with van der Waals surface area (Å²) < 4.78 is 0. The van der Waals surface area contributed by atoms with Crippen LogP contribution in [0.1, 0.15) is 54.1 Å². The number of benzene rings is 2. The van der Waals surface area contributed by atoms with E-state index in [0.717, 1.165) is 36.3 Å². The lowest BCUT2D eigenvalue weighted by Gasteiger charge is -2.25. The summed E-state index contributed by atoms with van der Waals surface area (Å²) in [6.07, 6.45) is 0.747. The lowest BCUT2D eigenvalue weighted by Crippen LogP contribution is -2.38. The van der Waals surface area contributed by atoms with Crippen LogP contribution in [-0.4, -0.2) is 41.2 Å². The zero-order chi connectivity index (χ0) is 20.3. The Labute approximate surface area is 168 Å². The number of carbonyl (C=O) groups excluding carboxylic acids is 1. The zero-order valence-corrected chi connectivity index (χ0v) is 17.7. The van der Waals surface area contributed by atoms with E-state index in [9.17, 15) is 4.79 Å². The molecule has 0 N–H and O–H groups in total. The molecule has 0 spiro atoms. The van der Waals surface area contributed by atoms with Crippen molar-refractivity contribution in [2.75, 3.05) is 19.6 Å². The van der Waals surface area contributed by atoms with Crippen molar-refractivity contribution in [1.29, 1.82) is 0 Å². The summed E-state index contributed by atoms with van der Waals surface area (Å²) in [5, 5.41) is 6.54. The fourth-order valence-corrected chi connectivity index (χ4v) is 3.80. The van der Waals surface area contributed by atoms with E-state index in [1.807, 2.05) is 0 Å². The molecule has 1 aliphatic heterocycles. The van der Waals surface area contributed by atoms with Gasteiger partial charge >= 0.3 is 0 Å². The second kappa shape index (κ2) is 8.70. The standard InChI is InChI=1S/C24H31N3O/c1-6-26(7-2)16-24(28)27-23(20-11-8-17(3)9-12-20)15-22(25-27)21-13-10-18(4)14-19(21)5/h8-14,23H,6-7,15-16H2,1-5H3/t23-/m0/s1. The Balaban J connectivity index is 1.94. The minimum atomic E-state index is -0.0423. The maximum Gasteiger partial charge on any atom is 0.257 e. The predicted molar refractivity (Wildman–Crippen MR) is 116 cm³/mol. The zero-order valence-electron chi connectivity index (χ0n) is 17.7. The van der Waals surface area contributed by atoms with Crippen molar-refractivity contribution in [1.82, 2.24) is 9.91 Å². The first-order chi connectivity index (χ1) is 13.4. The van der Waals surface area contributed by atoms with E-state index in [1.165, 1.54) is 16.7 Å². The van der Waals surface area contributed by atoms with Crippen LogP contribution in [-0.2, 0) is 4.79 Å². The molecule has 0 aliphatic carbocycles. The van der Waals surface area contributed by atoms with Crippen molar-refractivity contribution < 1.29 is 4.79 Å². The first-order valence-corrected chi connectivity index (χ1v) is 10.2. The molecule has 2 aromatic rings. The monoisotopic (exact) mass is 377 g/mol. The van der Waals surface area contributed by atoms with Crippen LogP contribution in [0, 0.1) is 20.8 Å². The van der Waals surface area contributed by atoms with E-state index in [0.29, 0.717) is 6.54 Å². The molecule has 0 bridgehead atoms. The molecule has 2 aromatic carbocycles. The molecule has 0 aromatic heterocycles. The first-order valence-electron chi connectivity index (χ1n) is 10.2. The number of nitrogens with zero attached hydrogens (tertiary/aromatic N) is 3. The van der Waals surface area contributed by atoms with Gasteiger partial charge in [-0.2, -0.15) is 5.10 Å². The first kappa shape index (κ1) is 20.3. The van der Waals surface area contributed by atoms with Gasteiger partial charge in [-0.3, -0.25) is 9.69 Å². The van der Waals surface area contributed by atoms with E-state index in [2.05, 4.69) is 82.0 Å². The highest BCUT2D eigenvalue weighted by atomic mass is 16.2. The molecule has 1 aliphatic rings. The van der Waals surface area contributed by atoms with E-state index in [1.54, 1.807) is 5.01 Å². The van der Waals surface area contributed by atoms with Gasteiger partial charge in [0.1, 0.15) is 0 Å². The van der Waals surface area contributed by atoms with Crippen LogP contribution < -0.4 is 0 Å². The fourth-order valence-electron chi connectivity index (χ4n) is 3.80. The number of aryl methyl sites for hydroxylation is 3. The number of carbonyl (C=O) groups is 1. The Hall–Kier alpha value is -2.46. The second-order valence-corrected chi connectivity index (χ2v) is 7.70. The van der Waals surface area contributed by atoms with Crippen molar-refractivity contribution >= 4 is 11.6 Å². The van der Waals surface area contributed by atoms with Gasteiger partial charge in [0.2, 0.25) is 0 Å². The van der Waals surface area contributed by atoms with Gasteiger partial charge in [0.05, 0.1) is 18.3 Å². The summed E-state index contributed by atoms with van der Waals surface area (Å²) in [6.45, 7) is 12.6. The minimum absolute atomic E-state index is 0.0423. The molecule has 148 valence electrons. The average molecular weight is 378 g/mol. The van der Waals surface area contributed by atoms with Crippen molar-refractivity contribution in [3.8, 4) is 0 Å². The third kappa shape index (κ3) is 4.33. The number of hydrogen-bond donors (Lipinski definition) is 0. The molecule has 28 heavy (non-hydrogen) atoms. The van der Waals surface area contributed by atoms with Crippen LogP contribution in [0.25, 0.3) is 0 Å². The summed E-state index contributed by atoms with van der Waals surface area (Å²) in [5.41, 5.74) is 6.95. The Morgan fingerprint density at radius 1 is 1.04 bits per heavy atom. The van der Waals surface area contributed by atoms with E-state index in [4.69, 9.17) is 5.10 Å². The molecule has 0 saturated carbocycles. The fraction of sp³-hybridized carbons (Fsp3) is 0.417. The second-order valence-electron chi connectivity index (χ2n) is 7.70. The van der Waals surface area contributed by atoms with Crippen LogP contribution in [0.5, 0.6) is 0 Å². The summed E-state index contributed by atoms with van der Waals surface area (Å²) in [7, 11) is 0. The average Bonchev–Trinajstić information content (AvgIpc) is 3.11. The SMILES string of the molecule is CCN(CC)CC(=O)N1N=C(c2ccc(C)cc2C)C[C@H]1c1ccc(C)cc1. The van der Waals surface area contributed by atoms with Gasteiger partial charge in [-0.15, -0.1) is 0 Å². The highest BCUT2D eigenvalue weighted by molar-refractivity contribution is 6.04. The van der Waals surface area contributed by atoms with Crippen molar-refractivity contribution in [2.45, 2.75) is 47.1 Å². The third-order valence-corrected chi connectivity index (χ3v) is 5.57. The molecule has 0 unspecified atom stereocenters. The summed E-state index contributed by atoms with van der Waals surface area (Å²) in [5.74, 6) is 0.0639. The lowest BCUT2D eigenvalue weighted by atomic mass is 9.95. The summed E-state index contributed by atoms with van der Waals surface area (Å²) in [6, 6.07) is 14.9. The summed E-state index contributed by atoms with van der Waals surface area (Å²) >= 11 is 0. The van der Waals surface area contributed by atoms with Crippen molar-refractivity contribution in [3.63, 3.8) is 0 Å². The molecule has 0 radical (unpaired) electrons. The van der Waals surface area contributed by atoms with E-state index >= 15 is 0 Å². The van der Waals surface area contributed by atoms with Crippen LogP contribution in [0.3, 0.4) is 0 Å². The Kier molecular flexibility index (Phi) is 6.30. The maximum atomic E-state index is 13.1. The van der Waals surface area contributed by atoms with Crippen LogP contribution >= 0.6 is 0 Å². The van der Waals surface area contributed by atoms with Crippen molar-refractivity contribution in [2.24, 2.45) is 5.10 Å². The number of hydrazone groups is 1. The molecule has 1 atom stereocenters. The number of hydrogen-bond acceptors (Lipinski definition) is 3. The quantitative estimate of drug-likeness (QED) is 0.736. The van der Waals surface area contributed by atoms with Gasteiger partial charge in [0, 0.05) is 12.0 Å². The topological polar surface area (TPSA) is 35.9 Å². The summed E-state index contributed by atoms with van der Waals surface area (Å²) in [4.78, 5) is 15.3. The lowest BCUT2D eigenvalue weighted by molar-refractivity contribution is -0.134. The molecule has 4 nitrogen and oxygen atoms in total. The molecule has 4 heteroatoms. The van der Waals surface area contributed by atoms with Gasteiger partial charge in [-0.1, -0.05) is 67.4 Å². The smallest absolute Gasteiger partial charge is 0.257 e. The van der Waals surface area contributed by atoms with Crippen LogP contribution in [0.15, 0.2) is 47.6 Å². The van der Waals surface area contributed by atoms with Gasteiger partial charge in [-0.05, 0) is 45.0 Å². The Morgan fingerprint density at radius 3 is 2.29 bits per heavy atom. The van der Waals surface area contributed by atoms with Crippen LogP contribution in [0.2, 0.25) is 0 Å². The number of likely N-dealkylation sites (N-methyl/N-ethyl adjacent to an activating group) is 1. The van der Waals surface area contributed by atoms with Crippen molar-refractivity contribution in [3.05, 3.63) is 70.3 Å². The van der Waals surface area contributed by atoms with E-state index in [-0.39, 0.29) is 11.9 Å². The Bertz CT molecular complexity index is 866.